The summed E-state index contributed by atoms with van der Waals surface area (Å²) in [4.78, 5) is 7.18. The van der Waals surface area contributed by atoms with Gasteiger partial charge in [-0.15, -0.1) is 0 Å². The Bertz CT molecular complexity index is 412. The number of hydrogen-bond acceptors (Lipinski definition) is 4. The summed E-state index contributed by atoms with van der Waals surface area (Å²) < 4.78 is 7.63. The molecule has 1 aliphatic rings. The van der Waals surface area contributed by atoms with Gasteiger partial charge in [0.25, 0.3) is 0 Å². The number of ether oxygens (including phenoxy) is 1. The van der Waals surface area contributed by atoms with Gasteiger partial charge in [0.05, 0.1) is 5.69 Å². The molecule has 2 heterocycles. The first-order valence-electron chi connectivity index (χ1n) is 8.30. The lowest BCUT2D eigenvalue weighted by Gasteiger charge is -2.24. The van der Waals surface area contributed by atoms with E-state index in [-0.39, 0.29) is 0 Å². The lowest BCUT2D eigenvalue weighted by atomic mass is 10.3. The topological polar surface area (TPSA) is 42.3 Å². The molecule has 21 heavy (non-hydrogen) atoms. The van der Waals surface area contributed by atoms with Gasteiger partial charge in [-0.25, -0.2) is 4.98 Å². The quantitative estimate of drug-likeness (QED) is 0.711. The SMILES string of the molecule is CCOCCCNc1nc(C)cn1CC(C)N1CCCC1. The average molecular weight is 294 g/mol. The molecule has 0 saturated carbocycles. The minimum Gasteiger partial charge on any atom is -0.382 e. The van der Waals surface area contributed by atoms with Crippen LogP contribution in [-0.4, -0.2) is 53.3 Å². The zero-order valence-electron chi connectivity index (χ0n) is 13.8. The van der Waals surface area contributed by atoms with Gasteiger partial charge in [0.15, 0.2) is 0 Å². The second kappa shape index (κ2) is 8.39. The van der Waals surface area contributed by atoms with E-state index in [9.17, 15) is 0 Å². The Balaban J connectivity index is 1.83. The molecule has 0 aromatic carbocycles. The van der Waals surface area contributed by atoms with Crippen molar-refractivity contribution >= 4 is 5.95 Å². The fourth-order valence-electron chi connectivity index (χ4n) is 2.93. The highest BCUT2D eigenvalue weighted by Crippen LogP contribution is 2.16. The number of hydrogen-bond donors (Lipinski definition) is 1. The number of aryl methyl sites for hydroxylation is 1. The van der Waals surface area contributed by atoms with Crippen molar-refractivity contribution in [2.45, 2.75) is 52.6 Å². The molecule has 1 aliphatic heterocycles. The van der Waals surface area contributed by atoms with Crippen LogP contribution in [0, 0.1) is 6.92 Å². The number of nitrogens with zero attached hydrogens (tertiary/aromatic N) is 3. The Labute approximate surface area is 128 Å². The molecule has 5 nitrogen and oxygen atoms in total. The molecular weight excluding hydrogens is 264 g/mol. The number of nitrogens with one attached hydrogen (secondary N) is 1. The Morgan fingerprint density at radius 1 is 1.38 bits per heavy atom. The van der Waals surface area contributed by atoms with Crippen molar-refractivity contribution in [3.8, 4) is 0 Å². The molecule has 1 saturated heterocycles. The highest BCUT2D eigenvalue weighted by molar-refractivity contribution is 5.28. The molecule has 0 aliphatic carbocycles. The number of rotatable bonds is 9. The highest BCUT2D eigenvalue weighted by Gasteiger charge is 2.19. The summed E-state index contributed by atoms with van der Waals surface area (Å²) in [5, 5.41) is 3.44. The van der Waals surface area contributed by atoms with Crippen LogP contribution >= 0.6 is 0 Å². The van der Waals surface area contributed by atoms with Crippen LogP contribution in [0.4, 0.5) is 5.95 Å². The molecule has 0 bridgehead atoms. The van der Waals surface area contributed by atoms with E-state index in [4.69, 9.17) is 4.74 Å². The Morgan fingerprint density at radius 2 is 2.14 bits per heavy atom. The van der Waals surface area contributed by atoms with Gasteiger partial charge in [0.2, 0.25) is 5.95 Å². The average Bonchev–Trinajstić information content (AvgIpc) is 3.09. The van der Waals surface area contributed by atoms with Crippen LogP contribution in [0.15, 0.2) is 6.20 Å². The third-order valence-corrected chi connectivity index (χ3v) is 4.07. The van der Waals surface area contributed by atoms with Crippen LogP contribution in [-0.2, 0) is 11.3 Å². The third-order valence-electron chi connectivity index (χ3n) is 4.07. The van der Waals surface area contributed by atoms with Gasteiger partial charge in [-0.1, -0.05) is 0 Å². The summed E-state index contributed by atoms with van der Waals surface area (Å²) in [6.07, 6.45) is 5.85. The molecule has 120 valence electrons. The predicted molar refractivity (Wildman–Crippen MR) is 86.8 cm³/mol. The Hall–Kier alpha value is -1.07. The molecular formula is C16H30N4O. The van der Waals surface area contributed by atoms with Crippen molar-refractivity contribution in [2.24, 2.45) is 0 Å². The van der Waals surface area contributed by atoms with E-state index in [1.807, 2.05) is 6.92 Å². The van der Waals surface area contributed by atoms with Crippen molar-refractivity contribution in [1.82, 2.24) is 14.5 Å². The maximum atomic E-state index is 5.37. The standard InChI is InChI=1S/C16H30N4O/c1-4-21-11-7-8-17-16-18-14(2)12-20(16)13-15(3)19-9-5-6-10-19/h12,15H,4-11,13H2,1-3H3,(H,17,18). The van der Waals surface area contributed by atoms with E-state index in [1.54, 1.807) is 0 Å². The molecule has 1 N–H and O–H groups in total. The summed E-state index contributed by atoms with van der Waals surface area (Å²) >= 11 is 0. The number of aromatic nitrogens is 2. The maximum absolute atomic E-state index is 5.37. The molecule has 2 rings (SSSR count). The Morgan fingerprint density at radius 3 is 2.86 bits per heavy atom. The Kier molecular flexibility index (Phi) is 6.51. The number of anilines is 1. The molecule has 1 unspecified atom stereocenters. The molecule has 0 radical (unpaired) electrons. The summed E-state index contributed by atoms with van der Waals surface area (Å²) in [7, 11) is 0. The van der Waals surface area contributed by atoms with E-state index < -0.39 is 0 Å². The van der Waals surface area contributed by atoms with Gasteiger partial charge in [0, 0.05) is 38.5 Å². The van der Waals surface area contributed by atoms with Crippen molar-refractivity contribution in [2.75, 3.05) is 38.2 Å². The van der Waals surface area contributed by atoms with Gasteiger partial charge < -0.3 is 14.6 Å². The maximum Gasteiger partial charge on any atom is 0.203 e. The number of likely N-dealkylation sites (tertiary alicyclic amines) is 1. The van der Waals surface area contributed by atoms with Crippen LogP contribution < -0.4 is 5.32 Å². The van der Waals surface area contributed by atoms with E-state index in [2.05, 4.69) is 39.8 Å². The van der Waals surface area contributed by atoms with E-state index in [0.717, 1.165) is 44.4 Å². The summed E-state index contributed by atoms with van der Waals surface area (Å²) in [6, 6.07) is 0.574. The second-order valence-electron chi connectivity index (χ2n) is 5.93. The molecule has 1 aromatic heterocycles. The third kappa shape index (κ3) is 5.00. The number of imidazole rings is 1. The van der Waals surface area contributed by atoms with E-state index in [1.165, 1.54) is 25.9 Å². The molecule has 1 atom stereocenters. The summed E-state index contributed by atoms with van der Waals surface area (Å²) in [6.45, 7) is 12.4. The summed E-state index contributed by atoms with van der Waals surface area (Å²) in [5.74, 6) is 0.995. The van der Waals surface area contributed by atoms with Crippen molar-refractivity contribution in [3.63, 3.8) is 0 Å². The fourth-order valence-corrected chi connectivity index (χ4v) is 2.93. The van der Waals surface area contributed by atoms with E-state index in [0.29, 0.717) is 6.04 Å². The molecule has 0 spiro atoms. The lowest BCUT2D eigenvalue weighted by molar-refractivity contribution is 0.147. The smallest absolute Gasteiger partial charge is 0.203 e. The van der Waals surface area contributed by atoms with Gasteiger partial charge in [-0.2, -0.15) is 0 Å². The zero-order valence-corrected chi connectivity index (χ0v) is 13.8. The summed E-state index contributed by atoms with van der Waals surface area (Å²) in [5.41, 5.74) is 1.08. The first-order chi connectivity index (χ1) is 10.2. The second-order valence-corrected chi connectivity index (χ2v) is 5.93. The van der Waals surface area contributed by atoms with Gasteiger partial charge in [-0.3, -0.25) is 4.90 Å². The monoisotopic (exact) mass is 294 g/mol. The van der Waals surface area contributed by atoms with Gasteiger partial charge >= 0.3 is 0 Å². The van der Waals surface area contributed by atoms with Crippen molar-refractivity contribution in [1.29, 1.82) is 0 Å². The minimum absolute atomic E-state index is 0.574. The van der Waals surface area contributed by atoms with Crippen molar-refractivity contribution < 1.29 is 4.74 Å². The highest BCUT2D eigenvalue weighted by atomic mass is 16.5. The van der Waals surface area contributed by atoms with Crippen LogP contribution in [0.2, 0.25) is 0 Å². The zero-order chi connectivity index (χ0) is 15.1. The molecule has 1 fully saturated rings. The first kappa shape index (κ1) is 16.3. The van der Waals surface area contributed by atoms with Crippen LogP contribution in [0.3, 0.4) is 0 Å². The molecule has 0 amide bonds. The largest absolute Gasteiger partial charge is 0.382 e. The molecule has 5 heteroatoms. The fraction of sp³-hybridized carbons (Fsp3) is 0.812. The predicted octanol–water partition coefficient (Wildman–Crippen LogP) is 2.51. The van der Waals surface area contributed by atoms with Crippen LogP contribution in [0.5, 0.6) is 0 Å². The lowest BCUT2D eigenvalue weighted by Crippen LogP contribution is -2.33. The normalized spacial score (nSPS) is 17.3. The van der Waals surface area contributed by atoms with Crippen LogP contribution in [0.25, 0.3) is 0 Å². The first-order valence-corrected chi connectivity index (χ1v) is 8.30. The van der Waals surface area contributed by atoms with Crippen LogP contribution in [0.1, 0.15) is 38.8 Å². The van der Waals surface area contributed by atoms with Crippen molar-refractivity contribution in [3.05, 3.63) is 11.9 Å². The van der Waals surface area contributed by atoms with Gasteiger partial charge in [0.1, 0.15) is 0 Å². The van der Waals surface area contributed by atoms with Gasteiger partial charge in [-0.05, 0) is 53.1 Å². The van der Waals surface area contributed by atoms with E-state index >= 15 is 0 Å². The molecule has 1 aromatic rings. The minimum atomic E-state index is 0.574.